The van der Waals surface area contributed by atoms with Crippen molar-refractivity contribution in [2.75, 3.05) is 13.7 Å². The predicted octanol–water partition coefficient (Wildman–Crippen LogP) is 4.13. The first-order valence-corrected chi connectivity index (χ1v) is 8.78. The molecule has 0 fully saturated rings. The minimum atomic E-state index is -0.687. The Morgan fingerprint density at radius 1 is 1.37 bits per heavy atom. The number of hydrogen-bond acceptors (Lipinski definition) is 4. The molecule has 1 aliphatic carbocycles. The normalized spacial score (nSPS) is 15.1. The fraction of sp³-hybridized carbons (Fsp3) is 0.238. The van der Waals surface area contributed by atoms with Crippen LogP contribution in [0.2, 0.25) is 0 Å². The summed E-state index contributed by atoms with van der Waals surface area (Å²) in [5.74, 6) is -1.26. The topological polar surface area (TPSA) is 71.2 Å². The summed E-state index contributed by atoms with van der Waals surface area (Å²) in [6, 6.07) is 2.36. The average molecular weight is 368 g/mol. The van der Waals surface area contributed by atoms with Gasteiger partial charge in [-0.1, -0.05) is 25.2 Å². The molecule has 0 amide bonds. The SMILES string of the molecule is CCCNC=C1C=CC(c2[nH]c3cc(F)cc(C(=O)OC)c3c2C=O)=CC1. The van der Waals surface area contributed by atoms with Crippen molar-refractivity contribution in [3.63, 3.8) is 0 Å². The Hall–Kier alpha value is -3.15. The van der Waals surface area contributed by atoms with Crippen molar-refractivity contribution in [2.24, 2.45) is 0 Å². The molecule has 140 valence electrons. The van der Waals surface area contributed by atoms with Crippen LogP contribution in [0.25, 0.3) is 16.5 Å². The minimum Gasteiger partial charge on any atom is -0.465 e. The van der Waals surface area contributed by atoms with Crippen LogP contribution < -0.4 is 5.32 Å². The van der Waals surface area contributed by atoms with Crippen molar-refractivity contribution in [3.8, 4) is 0 Å². The molecule has 3 rings (SSSR count). The third-order valence-electron chi connectivity index (χ3n) is 4.43. The van der Waals surface area contributed by atoms with Crippen LogP contribution in [0, 0.1) is 5.82 Å². The molecule has 0 bridgehead atoms. The van der Waals surface area contributed by atoms with Crippen LogP contribution in [0.5, 0.6) is 0 Å². The van der Waals surface area contributed by atoms with E-state index in [2.05, 4.69) is 17.2 Å². The summed E-state index contributed by atoms with van der Waals surface area (Å²) < 4.78 is 18.7. The lowest BCUT2D eigenvalue weighted by Crippen LogP contribution is -2.06. The number of carbonyl (C=O) groups is 2. The number of methoxy groups -OCH3 is 1. The van der Waals surface area contributed by atoms with Crippen molar-refractivity contribution >= 4 is 28.7 Å². The molecule has 27 heavy (non-hydrogen) atoms. The largest absolute Gasteiger partial charge is 0.465 e. The Balaban J connectivity index is 2.04. The highest BCUT2D eigenvalue weighted by Gasteiger charge is 2.21. The first-order valence-electron chi connectivity index (χ1n) is 8.78. The van der Waals surface area contributed by atoms with E-state index in [0.717, 1.165) is 30.2 Å². The molecule has 0 aliphatic heterocycles. The molecule has 0 atom stereocenters. The summed E-state index contributed by atoms with van der Waals surface area (Å²) in [6.45, 7) is 3.01. The van der Waals surface area contributed by atoms with Crippen molar-refractivity contribution in [3.05, 3.63) is 64.8 Å². The smallest absolute Gasteiger partial charge is 0.338 e. The number of aromatic amines is 1. The van der Waals surface area contributed by atoms with Gasteiger partial charge in [-0.2, -0.15) is 0 Å². The standard InChI is InChI=1S/C21H21FN2O3/c1-3-8-23-11-13-4-6-14(7-5-13)20-17(12-25)19-16(21(26)27-2)9-15(22)10-18(19)24-20/h4,6-7,9-12,23-24H,3,5,8H2,1-2H3. The number of halogens is 1. The van der Waals surface area contributed by atoms with Crippen LogP contribution >= 0.6 is 0 Å². The fourth-order valence-electron chi connectivity index (χ4n) is 3.14. The number of aldehydes is 1. The molecule has 1 heterocycles. The van der Waals surface area contributed by atoms with Gasteiger partial charge >= 0.3 is 5.97 Å². The molecular formula is C21H21FN2O3. The summed E-state index contributed by atoms with van der Waals surface area (Å²) >= 11 is 0. The van der Waals surface area contributed by atoms with E-state index in [0.29, 0.717) is 34.9 Å². The van der Waals surface area contributed by atoms with E-state index in [1.807, 2.05) is 24.4 Å². The maximum atomic E-state index is 13.9. The first-order chi connectivity index (χ1) is 13.1. The molecule has 6 heteroatoms. The highest BCUT2D eigenvalue weighted by Crippen LogP contribution is 2.32. The highest BCUT2D eigenvalue weighted by atomic mass is 19.1. The van der Waals surface area contributed by atoms with Gasteiger partial charge in [0.1, 0.15) is 5.82 Å². The molecular weight excluding hydrogens is 347 g/mol. The molecule has 0 unspecified atom stereocenters. The fourth-order valence-corrected chi connectivity index (χ4v) is 3.14. The number of hydrogen-bond donors (Lipinski definition) is 2. The number of benzene rings is 1. The Bertz CT molecular complexity index is 983. The van der Waals surface area contributed by atoms with E-state index in [9.17, 15) is 14.0 Å². The van der Waals surface area contributed by atoms with E-state index in [1.165, 1.54) is 13.2 Å². The molecule has 2 aromatic rings. The second-order valence-corrected chi connectivity index (χ2v) is 6.27. The molecule has 0 radical (unpaired) electrons. The summed E-state index contributed by atoms with van der Waals surface area (Å²) in [4.78, 5) is 26.9. The van der Waals surface area contributed by atoms with Crippen molar-refractivity contribution in [1.82, 2.24) is 10.3 Å². The Labute approximate surface area is 156 Å². The van der Waals surface area contributed by atoms with Crippen LogP contribution in [-0.4, -0.2) is 30.9 Å². The lowest BCUT2D eigenvalue weighted by Gasteiger charge is -2.10. The summed E-state index contributed by atoms with van der Waals surface area (Å²) in [7, 11) is 1.22. The summed E-state index contributed by atoms with van der Waals surface area (Å²) in [5.41, 5.74) is 3.23. The van der Waals surface area contributed by atoms with Gasteiger partial charge in [-0.05, 0) is 42.3 Å². The molecule has 5 nitrogen and oxygen atoms in total. The van der Waals surface area contributed by atoms with Gasteiger partial charge in [0.2, 0.25) is 0 Å². The number of fused-ring (bicyclic) bond motifs is 1. The van der Waals surface area contributed by atoms with E-state index in [1.54, 1.807) is 0 Å². The van der Waals surface area contributed by atoms with Crippen molar-refractivity contribution in [2.45, 2.75) is 19.8 Å². The van der Waals surface area contributed by atoms with E-state index >= 15 is 0 Å². The van der Waals surface area contributed by atoms with Gasteiger partial charge in [0, 0.05) is 17.5 Å². The molecule has 1 aromatic carbocycles. The van der Waals surface area contributed by atoms with Gasteiger partial charge in [0.25, 0.3) is 0 Å². The summed E-state index contributed by atoms with van der Waals surface area (Å²) in [5, 5.41) is 3.61. The lowest BCUT2D eigenvalue weighted by atomic mass is 9.97. The molecule has 0 saturated heterocycles. The second-order valence-electron chi connectivity index (χ2n) is 6.27. The van der Waals surface area contributed by atoms with Gasteiger partial charge in [-0.25, -0.2) is 9.18 Å². The lowest BCUT2D eigenvalue weighted by molar-refractivity contribution is 0.0602. The first kappa shape index (κ1) is 18.6. The zero-order valence-corrected chi connectivity index (χ0v) is 15.3. The number of nitrogens with one attached hydrogen (secondary N) is 2. The van der Waals surface area contributed by atoms with Gasteiger partial charge < -0.3 is 15.0 Å². The minimum absolute atomic E-state index is 0.0295. The third kappa shape index (κ3) is 3.69. The Kier molecular flexibility index (Phi) is 5.54. The number of carbonyl (C=O) groups excluding carboxylic acids is 2. The predicted molar refractivity (Wildman–Crippen MR) is 103 cm³/mol. The van der Waals surface area contributed by atoms with Gasteiger partial charge in [0.05, 0.1) is 23.9 Å². The number of H-pyrrole nitrogens is 1. The van der Waals surface area contributed by atoms with Crippen LogP contribution in [0.1, 0.15) is 46.2 Å². The summed E-state index contributed by atoms with van der Waals surface area (Å²) in [6.07, 6.45) is 10.3. The second kappa shape index (κ2) is 8.03. The number of aromatic nitrogens is 1. The molecule has 2 N–H and O–H groups in total. The average Bonchev–Trinajstić information content (AvgIpc) is 3.05. The van der Waals surface area contributed by atoms with E-state index in [4.69, 9.17) is 4.74 Å². The van der Waals surface area contributed by atoms with Crippen LogP contribution in [0.15, 0.2) is 42.1 Å². The maximum Gasteiger partial charge on any atom is 0.338 e. The number of allylic oxidation sites excluding steroid dienone is 5. The van der Waals surface area contributed by atoms with Gasteiger partial charge in [-0.15, -0.1) is 0 Å². The molecule has 0 spiro atoms. The number of ether oxygens (including phenoxy) is 1. The zero-order chi connectivity index (χ0) is 19.4. The number of rotatable bonds is 6. The zero-order valence-electron chi connectivity index (χ0n) is 15.3. The van der Waals surface area contributed by atoms with Gasteiger partial charge in [-0.3, -0.25) is 4.79 Å². The van der Waals surface area contributed by atoms with E-state index in [-0.39, 0.29) is 5.56 Å². The third-order valence-corrected chi connectivity index (χ3v) is 4.43. The van der Waals surface area contributed by atoms with Crippen LogP contribution in [-0.2, 0) is 4.74 Å². The number of esters is 1. The Morgan fingerprint density at radius 3 is 2.81 bits per heavy atom. The molecule has 0 saturated carbocycles. The van der Waals surface area contributed by atoms with Crippen LogP contribution in [0.4, 0.5) is 4.39 Å². The monoisotopic (exact) mass is 368 g/mol. The van der Waals surface area contributed by atoms with Gasteiger partial charge in [0.15, 0.2) is 6.29 Å². The van der Waals surface area contributed by atoms with Crippen LogP contribution in [0.3, 0.4) is 0 Å². The van der Waals surface area contributed by atoms with Crippen molar-refractivity contribution in [1.29, 1.82) is 0 Å². The molecule has 1 aromatic heterocycles. The van der Waals surface area contributed by atoms with E-state index < -0.39 is 11.8 Å². The molecule has 1 aliphatic rings. The highest BCUT2D eigenvalue weighted by molar-refractivity contribution is 6.12. The van der Waals surface area contributed by atoms with Crippen molar-refractivity contribution < 1.29 is 18.7 Å². The quantitative estimate of drug-likeness (QED) is 0.457. The Morgan fingerprint density at radius 2 is 2.19 bits per heavy atom. The maximum absolute atomic E-state index is 13.9.